The molecule has 192 valence electrons. The second-order valence-corrected chi connectivity index (χ2v) is 10.2. The minimum absolute atomic E-state index is 0.729. The van der Waals surface area contributed by atoms with Crippen molar-refractivity contribution < 1.29 is 4.42 Å². The van der Waals surface area contributed by atoms with E-state index in [1.54, 1.807) is 0 Å². The summed E-state index contributed by atoms with van der Waals surface area (Å²) in [5.74, 6) is 0.729. The van der Waals surface area contributed by atoms with Crippen LogP contribution in [0.3, 0.4) is 0 Å². The Labute approximate surface area is 237 Å². The van der Waals surface area contributed by atoms with Gasteiger partial charge >= 0.3 is 0 Å². The molecule has 41 heavy (non-hydrogen) atoms. The van der Waals surface area contributed by atoms with Gasteiger partial charge in [-0.05, 0) is 58.7 Å². The van der Waals surface area contributed by atoms with Crippen molar-refractivity contribution in [1.29, 1.82) is 0 Å². The van der Waals surface area contributed by atoms with Crippen molar-refractivity contribution in [1.82, 2.24) is 9.97 Å². The van der Waals surface area contributed by atoms with Gasteiger partial charge in [-0.1, -0.05) is 109 Å². The van der Waals surface area contributed by atoms with E-state index in [1.807, 2.05) is 36.4 Å². The van der Waals surface area contributed by atoms with Crippen LogP contribution in [0.4, 0.5) is 0 Å². The summed E-state index contributed by atoms with van der Waals surface area (Å²) in [5, 5.41) is 3.31. The van der Waals surface area contributed by atoms with Gasteiger partial charge in [-0.3, -0.25) is 0 Å². The molecule has 8 aromatic rings. The quantitative estimate of drug-likeness (QED) is 0.230. The summed E-state index contributed by atoms with van der Waals surface area (Å²) in [4.78, 5) is 10.0. The first-order valence-corrected chi connectivity index (χ1v) is 13.7. The third kappa shape index (κ3) is 4.16. The molecule has 0 aliphatic rings. The molecule has 0 spiro atoms. The lowest BCUT2D eigenvalue weighted by Crippen LogP contribution is -1.95. The standard InChI is InChI=1S/C38H24N2O/c1-3-10-25(11-4-1)37-33-23-29(19-21-34(33)39-38(40-37)26-12-5-2-6-13-26)27-14-9-15-28(22-27)30-18-20-32-31-16-7-8-17-35(31)41-36(32)24-30/h1-24H. The van der Waals surface area contributed by atoms with Gasteiger partial charge in [0.25, 0.3) is 0 Å². The van der Waals surface area contributed by atoms with Crippen LogP contribution in [0.5, 0.6) is 0 Å². The first kappa shape index (κ1) is 23.4. The van der Waals surface area contributed by atoms with Gasteiger partial charge in [0.1, 0.15) is 11.2 Å². The van der Waals surface area contributed by atoms with Gasteiger partial charge in [-0.15, -0.1) is 0 Å². The maximum Gasteiger partial charge on any atom is 0.160 e. The summed E-state index contributed by atoms with van der Waals surface area (Å²) in [7, 11) is 0. The van der Waals surface area contributed by atoms with E-state index < -0.39 is 0 Å². The summed E-state index contributed by atoms with van der Waals surface area (Å²) in [6, 6.07) is 50.3. The van der Waals surface area contributed by atoms with Crippen LogP contribution in [0.2, 0.25) is 0 Å². The normalized spacial score (nSPS) is 11.4. The van der Waals surface area contributed by atoms with Crippen molar-refractivity contribution in [3.63, 3.8) is 0 Å². The molecule has 2 heterocycles. The molecule has 2 aromatic heterocycles. The monoisotopic (exact) mass is 524 g/mol. The largest absolute Gasteiger partial charge is 0.456 e. The van der Waals surface area contributed by atoms with E-state index in [0.29, 0.717) is 0 Å². The lowest BCUT2D eigenvalue weighted by atomic mass is 9.96. The highest BCUT2D eigenvalue weighted by atomic mass is 16.3. The Balaban J connectivity index is 1.25. The lowest BCUT2D eigenvalue weighted by Gasteiger charge is -2.12. The average Bonchev–Trinajstić information content (AvgIpc) is 3.43. The van der Waals surface area contributed by atoms with E-state index in [2.05, 4.69) is 109 Å². The van der Waals surface area contributed by atoms with E-state index in [1.165, 1.54) is 0 Å². The smallest absolute Gasteiger partial charge is 0.160 e. The molecule has 0 amide bonds. The number of fused-ring (bicyclic) bond motifs is 4. The second kappa shape index (κ2) is 9.58. The van der Waals surface area contributed by atoms with Gasteiger partial charge in [-0.25, -0.2) is 9.97 Å². The summed E-state index contributed by atoms with van der Waals surface area (Å²) in [6.07, 6.45) is 0. The second-order valence-electron chi connectivity index (χ2n) is 10.2. The minimum Gasteiger partial charge on any atom is -0.456 e. The van der Waals surface area contributed by atoms with Gasteiger partial charge in [0.15, 0.2) is 5.82 Å². The summed E-state index contributed by atoms with van der Waals surface area (Å²) in [5.41, 5.74) is 10.3. The van der Waals surface area contributed by atoms with Gasteiger partial charge in [0, 0.05) is 27.3 Å². The third-order valence-corrected chi connectivity index (χ3v) is 7.68. The Morgan fingerprint density at radius 2 is 0.976 bits per heavy atom. The predicted molar refractivity (Wildman–Crippen MR) is 169 cm³/mol. The summed E-state index contributed by atoms with van der Waals surface area (Å²) >= 11 is 0. The van der Waals surface area contributed by atoms with E-state index in [0.717, 1.165) is 77.7 Å². The van der Waals surface area contributed by atoms with Crippen molar-refractivity contribution in [3.05, 3.63) is 146 Å². The summed E-state index contributed by atoms with van der Waals surface area (Å²) < 4.78 is 6.16. The van der Waals surface area contributed by atoms with Crippen LogP contribution in [0.1, 0.15) is 0 Å². The maximum atomic E-state index is 6.16. The summed E-state index contributed by atoms with van der Waals surface area (Å²) in [6.45, 7) is 0. The average molecular weight is 525 g/mol. The minimum atomic E-state index is 0.729. The number of furan rings is 1. The number of benzene rings is 6. The molecule has 6 aromatic carbocycles. The molecular weight excluding hydrogens is 500 g/mol. The zero-order chi connectivity index (χ0) is 27.2. The Kier molecular flexibility index (Phi) is 5.46. The number of para-hydroxylation sites is 1. The van der Waals surface area contributed by atoms with Crippen LogP contribution in [0.15, 0.2) is 150 Å². The lowest BCUT2D eigenvalue weighted by molar-refractivity contribution is 0.669. The number of nitrogens with zero attached hydrogens (tertiary/aromatic N) is 2. The third-order valence-electron chi connectivity index (χ3n) is 7.68. The van der Waals surface area contributed by atoms with Crippen molar-refractivity contribution in [2.45, 2.75) is 0 Å². The van der Waals surface area contributed by atoms with Crippen LogP contribution in [0, 0.1) is 0 Å². The Morgan fingerprint density at radius 1 is 0.366 bits per heavy atom. The SMILES string of the molecule is c1ccc(-c2nc(-c3ccccc3)c3cc(-c4cccc(-c5ccc6c(c5)oc5ccccc56)c4)ccc3n2)cc1. The van der Waals surface area contributed by atoms with Crippen molar-refractivity contribution >= 4 is 32.8 Å². The van der Waals surface area contributed by atoms with E-state index in [-0.39, 0.29) is 0 Å². The molecule has 0 fully saturated rings. The fourth-order valence-electron chi connectivity index (χ4n) is 5.62. The first-order valence-electron chi connectivity index (χ1n) is 13.7. The fourth-order valence-corrected chi connectivity index (χ4v) is 5.62. The Hall–Kier alpha value is -5.54. The number of hydrogen-bond acceptors (Lipinski definition) is 3. The van der Waals surface area contributed by atoms with Gasteiger partial charge < -0.3 is 4.42 Å². The molecule has 0 aliphatic heterocycles. The molecule has 0 saturated carbocycles. The molecule has 3 heteroatoms. The van der Waals surface area contributed by atoms with E-state index in [4.69, 9.17) is 14.4 Å². The van der Waals surface area contributed by atoms with Crippen LogP contribution >= 0.6 is 0 Å². The molecule has 0 atom stereocenters. The number of rotatable bonds is 4. The molecular formula is C38H24N2O. The maximum absolute atomic E-state index is 6.16. The van der Waals surface area contributed by atoms with Gasteiger partial charge in [-0.2, -0.15) is 0 Å². The number of aromatic nitrogens is 2. The fraction of sp³-hybridized carbons (Fsp3) is 0. The van der Waals surface area contributed by atoms with Gasteiger partial charge in [0.05, 0.1) is 11.2 Å². The Morgan fingerprint density at radius 3 is 1.78 bits per heavy atom. The zero-order valence-electron chi connectivity index (χ0n) is 22.2. The highest BCUT2D eigenvalue weighted by molar-refractivity contribution is 6.06. The van der Waals surface area contributed by atoms with Crippen molar-refractivity contribution in [2.75, 3.05) is 0 Å². The van der Waals surface area contributed by atoms with Crippen LogP contribution < -0.4 is 0 Å². The van der Waals surface area contributed by atoms with Crippen molar-refractivity contribution in [3.8, 4) is 44.9 Å². The van der Waals surface area contributed by atoms with E-state index >= 15 is 0 Å². The Bertz CT molecular complexity index is 2200. The molecule has 8 rings (SSSR count). The van der Waals surface area contributed by atoms with Crippen LogP contribution in [-0.2, 0) is 0 Å². The molecule has 0 unspecified atom stereocenters. The molecule has 3 nitrogen and oxygen atoms in total. The molecule has 0 radical (unpaired) electrons. The molecule has 0 bridgehead atoms. The highest BCUT2D eigenvalue weighted by Gasteiger charge is 2.14. The zero-order valence-corrected chi connectivity index (χ0v) is 22.2. The molecule has 0 N–H and O–H groups in total. The number of hydrogen-bond donors (Lipinski definition) is 0. The van der Waals surface area contributed by atoms with E-state index in [9.17, 15) is 0 Å². The van der Waals surface area contributed by atoms with Crippen LogP contribution in [0.25, 0.3) is 77.7 Å². The highest BCUT2D eigenvalue weighted by Crippen LogP contribution is 2.35. The first-order chi connectivity index (χ1) is 20.3. The van der Waals surface area contributed by atoms with Crippen molar-refractivity contribution in [2.24, 2.45) is 0 Å². The predicted octanol–water partition coefficient (Wildman–Crippen LogP) is 10.2. The molecule has 0 aliphatic carbocycles. The van der Waals surface area contributed by atoms with Crippen LogP contribution in [-0.4, -0.2) is 9.97 Å². The topological polar surface area (TPSA) is 38.9 Å². The molecule has 0 saturated heterocycles. The van der Waals surface area contributed by atoms with Gasteiger partial charge in [0.2, 0.25) is 0 Å².